The van der Waals surface area contributed by atoms with Gasteiger partial charge in [-0.2, -0.15) is 0 Å². The van der Waals surface area contributed by atoms with Crippen LogP contribution in [0.2, 0.25) is 5.02 Å². The lowest BCUT2D eigenvalue weighted by molar-refractivity contribution is 0.0699. The zero-order valence-electron chi connectivity index (χ0n) is 13.5. The van der Waals surface area contributed by atoms with Gasteiger partial charge in [-0.25, -0.2) is 14.2 Å². The van der Waals surface area contributed by atoms with Gasteiger partial charge < -0.3 is 9.52 Å². The van der Waals surface area contributed by atoms with Crippen molar-refractivity contribution >= 4 is 44.4 Å². The number of hydrogen-bond donors (Lipinski definition) is 1. The Hall–Kier alpha value is -2.70. The molecule has 4 aromatic rings. The number of benzene rings is 2. The lowest BCUT2D eigenvalue weighted by Crippen LogP contribution is -2.00. The number of nitrogens with zero attached hydrogens (tertiary/aromatic N) is 1. The third kappa shape index (κ3) is 3.34. The average molecular weight is 447 g/mol. The van der Waals surface area contributed by atoms with Crippen molar-refractivity contribution in [1.82, 2.24) is 4.98 Å². The molecular formula is C20H10BrClFNO3. The number of carboxylic acid groups (broad SMARTS) is 1. The third-order valence-electron chi connectivity index (χ3n) is 4.06. The van der Waals surface area contributed by atoms with Crippen molar-refractivity contribution in [1.29, 1.82) is 0 Å². The number of pyridine rings is 1. The minimum atomic E-state index is -1.17. The Morgan fingerprint density at radius 3 is 2.59 bits per heavy atom. The van der Waals surface area contributed by atoms with Crippen molar-refractivity contribution in [3.63, 3.8) is 0 Å². The van der Waals surface area contributed by atoms with E-state index in [0.717, 1.165) is 16.1 Å². The highest BCUT2D eigenvalue weighted by molar-refractivity contribution is 9.10. The van der Waals surface area contributed by atoms with Gasteiger partial charge in [0.2, 0.25) is 0 Å². The molecule has 0 atom stereocenters. The van der Waals surface area contributed by atoms with Crippen LogP contribution < -0.4 is 0 Å². The number of aromatic nitrogens is 1. The zero-order valence-corrected chi connectivity index (χ0v) is 15.9. The fourth-order valence-electron chi connectivity index (χ4n) is 2.78. The van der Waals surface area contributed by atoms with E-state index in [1.54, 1.807) is 18.2 Å². The highest BCUT2D eigenvalue weighted by Gasteiger charge is 2.16. The Morgan fingerprint density at radius 2 is 1.85 bits per heavy atom. The first kappa shape index (κ1) is 17.7. The largest absolute Gasteiger partial charge is 0.478 e. The summed E-state index contributed by atoms with van der Waals surface area (Å²) in [5.74, 6) is -0.720. The van der Waals surface area contributed by atoms with Crippen LogP contribution in [0.4, 0.5) is 4.39 Å². The molecular weight excluding hydrogens is 437 g/mol. The molecule has 2 heterocycles. The Morgan fingerprint density at radius 1 is 1.07 bits per heavy atom. The maximum absolute atomic E-state index is 13.5. The summed E-state index contributed by atoms with van der Waals surface area (Å²) in [6.45, 7) is 0. The van der Waals surface area contributed by atoms with E-state index in [9.17, 15) is 14.3 Å². The molecule has 0 spiro atoms. The number of furan rings is 1. The van der Waals surface area contributed by atoms with Crippen molar-refractivity contribution in [2.24, 2.45) is 0 Å². The molecule has 0 fully saturated rings. The van der Waals surface area contributed by atoms with Gasteiger partial charge in [-0.3, -0.25) is 0 Å². The zero-order chi connectivity index (χ0) is 19.1. The molecule has 1 N–H and O–H groups in total. The number of aromatic carboxylic acids is 1. The molecule has 2 aromatic heterocycles. The predicted molar refractivity (Wildman–Crippen MR) is 105 cm³/mol. The second kappa shape index (κ2) is 6.79. The second-order valence-corrected chi connectivity index (χ2v) is 7.08. The lowest BCUT2D eigenvalue weighted by atomic mass is 10.1. The van der Waals surface area contributed by atoms with Gasteiger partial charge in [-0.1, -0.05) is 17.7 Å². The van der Waals surface area contributed by atoms with E-state index in [4.69, 9.17) is 16.0 Å². The number of halogens is 3. The van der Waals surface area contributed by atoms with Gasteiger partial charge >= 0.3 is 5.97 Å². The van der Waals surface area contributed by atoms with Gasteiger partial charge in [0.1, 0.15) is 17.3 Å². The van der Waals surface area contributed by atoms with E-state index >= 15 is 0 Å². The SMILES string of the molecule is O=C(O)c1cc(-c2ccc(-c3ccc(Br)c(Cl)c3)o2)nc2ccc(F)cc12. The summed E-state index contributed by atoms with van der Waals surface area (Å²) in [6.07, 6.45) is 0. The van der Waals surface area contributed by atoms with Crippen LogP contribution in [0.15, 0.2) is 63.5 Å². The van der Waals surface area contributed by atoms with E-state index in [2.05, 4.69) is 20.9 Å². The molecule has 27 heavy (non-hydrogen) atoms. The topological polar surface area (TPSA) is 63.3 Å². The summed E-state index contributed by atoms with van der Waals surface area (Å²) in [4.78, 5) is 16.0. The number of carbonyl (C=O) groups is 1. The number of rotatable bonds is 3. The normalized spacial score (nSPS) is 11.1. The highest BCUT2D eigenvalue weighted by atomic mass is 79.9. The summed E-state index contributed by atoms with van der Waals surface area (Å²) >= 11 is 9.46. The van der Waals surface area contributed by atoms with Gasteiger partial charge in [0.25, 0.3) is 0 Å². The van der Waals surface area contributed by atoms with Gasteiger partial charge in [0.05, 0.1) is 16.1 Å². The molecule has 0 bridgehead atoms. The van der Waals surface area contributed by atoms with Crippen LogP contribution in [0.1, 0.15) is 10.4 Å². The Bertz CT molecular complexity index is 1210. The Labute approximate surface area is 166 Å². The van der Waals surface area contributed by atoms with Gasteiger partial charge in [0, 0.05) is 15.4 Å². The van der Waals surface area contributed by atoms with Crippen LogP contribution in [-0.4, -0.2) is 16.1 Å². The molecule has 0 amide bonds. The van der Waals surface area contributed by atoms with E-state index in [1.807, 2.05) is 12.1 Å². The van der Waals surface area contributed by atoms with Gasteiger partial charge in [0.15, 0.2) is 5.76 Å². The Balaban J connectivity index is 1.83. The van der Waals surface area contributed by atoms with Crippen LogP contribution in [0.3, 0.4) is 0 Å². The average Bonchev–Trinajstić information content (AvgIpc) is 3.13. The minimum Gasteiger partial charge on any atom is -0.478 e. The van der Waals surface area contributed by atoms with Crippen molar-refractivity contribution in [2.45, 2.75) is 0 Å². The molecule has 4 rings (SSSR count). The summed E-state index contributed by atoms with van der Waals surface area (Å²) in [7, 11) is 0. The highest BCUT2D eigenvalue weighted by Crippen LogP contribution is 2.33. The smallest absolute Gasteiger partial charge is 0.336 e. The molecule has 2 aromatic carbocycles. The van der Waals surface area contributed by atoms with E-state index in [1.165, 1.54) is 18.2 Å². The van der Waals surface area contributed by atoms with Crippen LogP contribution in [0.5, 0.6) is 0 Å². The molecule has 0 saturated carbocycles. The van der Waals surface area contributed by atoms with Crippen LogP contribution in [0, 0.1) is 5.82 Å². The summed E-state index contributed by atoms with van der Waals surface area (Å²) < 4.78 is 20.1. The van der Waals surface area contributed by atoms with Crippen LogP contribution >= 0.6 is 27.5 Å². The fraction of sp³-hybridized carbons (Fsp3) is 0. The standard InChI is InChI=1S/C20H10BrClFNO3/c21-14-3-1-10(7-15(14)22)18-5-6-19(27-18)17-9-13(20(25)26)12-8-11(23)2-4-16(12)24-17/h1-9H,(H,25,26). The van der Waals surface area contributed by atoms with Crippen LogP contribution in [0.25, 0.3) is 33.7 Å². The molecule has 0 aliphatic carbocycles. The first-order chi connectivity index (χ1) is 12.9. The molecule has 4 nitrogen and oxygen atoms in total. The van der Waals surface area contributed by atoms with Crippen molar-refractivity contribution in [3.8, 4) is 22.8 Å². The van der Waals surface area contributed by atoms with E-state index < -0.39 is 11.8 Å². The molecule has 0 aliphatic rings. The van der Waals surface area contributed by atoms with Gasteiger partial charge in [-0.15, -0.1) is 0 Å². The van der Waals surface area contributed by atoms with Crippen molar-refractivity contribution in [3.05, 3.63) is 75.5 Å². The number of hydrogen-bond acceptors (Lipinski definition) is 3. The summed E-state index contributed by atoms with van der Waals surface area (Å²) in [5, 5.41) is 10.3. The van der Waals surface area contributed by atoms with Crippen LogP contribution in [-0.2, 0) is 0 Å². The maximum atomic E-state index is 13.5. The second-order valence-electron chi connectivity index (χ2n) is 5.81. The molecule has 0 aliphatic heterocycles. The molecule has 0 saturated heterocycles. The van der Waals surface area contributed by atoms with E-state index in [0.29, 0.717) is 27.8 Å². The molecule has 7 heteroatoms. The summed E-state index contributed by atoms with van der Waals surface area (Å²) in [6, 6.07) is 14.1. The predicted octanol–water partition coefficient (Wildman–Crippen LogP) is 6.42. The summed E-state index contributed by atoms with van der Waals surface area (Å²) in [5.41, 5.74) is 1.45. The first-order valence-electron chi connectivity index (χ1n) is 7.81. The molecule has 0 radical (unpaired) electrons. The van der Waals surface area contributed by atoms with Crippen molar-refractivity contribution in [2.75, 3.05) is 0 Å². The molecule has 134 valence electrons. The number of fused-ring (bicyclic) bond motifs is 1. The monoisotopic (exact) mass is 445 g/mol. The third-order valence-corrected chi connectivity index (χ3v) is 5.30. The first-order valence-corrected chi connectivity index (χ1v) is 8.99. The lowest BCUT2D eigenvalue weighted by Gasteiger charge is -2.06. The fourth-order valence-corrected chi connectivity index (χ4v) is 3.21. The van der Waals surface area contributed by atoms with Crippen molar-refractivity contribution < 1.29 is 18.7 Å². The maximum Gasteiger partial charge on any atom is 0.336 e. The quantitative estimate of drug-likeness (QED) is 0.395. The number of carboxylic acids is 1. The minimum absolute atomic E-state index is 0.0425. The van der Waals surface area contributed by atoms with Gasteiger partial charge in [-0.05, 0) is 64.5 Å². The Kier molecular flexibility index (Phi) is 4.45. The van der Waals surface area contributed by atoms with E-state index in [-0.39, 0.29) is 10.9 Å². The molecule has 0 unspecified atom stereocenters.